The molecule has 0 aromatic carbocycles. The fourth-order valence-corrected chi connectivity index (χ4v) is 1.93. The third kappa shape index (κ3) is 5.24. The number of anilines is 2. The molecule has 2 heterocycles. The van der Waals surface area contributed by atoms with Gasteiger partial charge in [-0.25, -0.2) is 4.68 Å². The van der Waals surface area contributed by atoms with Gasteiger partial charge in [0.05, 0.1) is 45.2 Å². The zero-order valence-electron chi connectivity index (χ0n) is 10.9. The van der Waals surface area contributed by atoms with Gasteiger partial charge in [0.15, 0.2) is 0 Å². The molecule has 1 fully saturated rings. The van der Waals surface area contributed by atoms with E-state index in [1.54, 1.807) is 10.9 Å². The van der Waals surface area contributed by atoms with Crippen LogP contribution in [0.4, 0.5) is 11.5 Å². The first-order chi connectivity index (χ1) is 7.61. The minimum absolute atomic E-state index is 0. The van der Waals surface area contributed by atoms with Gasteiger partial charge < -0.3 is 33.1 Å². The van der Waals surface area contributed by atoms with Crippen molar-refractivity contribution in [3.8, 4) is 0 Å². The molecule has 4 N–H and O–H groups in total. The van der Waals surface area contributed by atoms with Gasteiger partial charge in [-0.15, -0.1) is 24.8 Å². The van der Waals surface area contributed by atoms with Gasteiger partial charge in [0.25, 0.3) is 0 Å². The molecule has 0 radical (unpaired) electrons. The van der Waals surface area contributed by atoms with Crippen LogP contribution in [0.1, 0.15) is 0 Å². The summed E-state index contributed by atoms with van der Waals surface area (Å²) in [6.07, 6.45) is 1.61. The van der Waals surface area contributed by atoms with E-state index in [1.807, 2.05) is 0 Å². The van der Waals surface area contributed by atoms with Crippen molar-refractivity contribution in [3.63, 3.8) is 0 Å². The Morgan fingerprint density at radius 2 is 1.89 bits per heavy atom. The number of aromatic nitrogens is 2. The zero-order chi connectivity index (χ0) is 11.6. The van der Waals surface area contributed by atoms with Crippen LogP contribution in [-0.2, 0) is 11.3 Å². The van der Waals surface area contributed by atoms with E-state index in [2.05, 4.69) is 12.1 Å². The van der Waals surface area contributed by atoms with E-state index < -0.39 is 0 Å². The predicted molar refractivity (Wildman–Crippen MR) is 77.2 cm³/mol. The van der Waals surface area contributed by atoms with Crippen molar-refractivity contribution in [1.29, 1.82) is 0 Å². The summed E-state index contributed by atoms with van der Waals surface area (Å²) < 4.78 is 8.15. The molecule has 0 spiro atoms. The van der Waals surface area contributed by atoms with Gasteiger partial charge in [-0.2, -0.15) is 5.10 Å². The molecule has 1 aromatic heterocycles. The number of hydrogen-bond donors (Lipinski definition) is 2. The van der Waals surface area contributed by atoms with E-state index in [4.69, 9.17) is 16.2 Å². The van der Waals surface area contributed by atoms with Crippen LogP contribution in [0.5, 0.6) is 0 Å². The van der Waals surface area contributed by atoms with Crippen molar-refractivity contribution in [2.45, 2.75) is 6.54 Å². The van der Waals surface area contributed by atoms with Crippen LogP contribution in [0, 0.1) is 0 Å². The van der Waals surface area contributed by atoms with E-state index in [1.165, 1.54) is 0 Å². The molecular formula is C10H22Cl3N5O. The van der Waals surface area contributed by atoms with Crippen LogP contribution in [-0.4, -0.2) is 54.2 Å². The second kappa shape index (κ2) is 8.71. The number of rotatable bonds is 3. The molecule has 1 aliphatic heterocycles. The Kier molecular flexibility index (Phi) is 9.58. The maximum Gasteiger partial charge on any atom is 0.145 e. The Hall–Kier alpha value is -0.400. The Morgan fingerprint density at radius 3 is 2.37 bits per heavy atom. The van der Waals surface area contributed by atoms with Crippen molar-refractivity contribution in [3.05, 3.63) is 6.20 Å². The molecular weight excluding hydrogens is 313 g/mol. The smallest absolute Gasteiger partial charge is 0.145 e. The number of likely N-dealkylation sites (N-methyl/N-ethyl adjacent to an activating group) is 1. The number of ether oxygens (including phenoxy) is 1. The average Bonchev–Trinajstić information content (AvgIpc) is 2.58. The van der Waals surface area contributed by atoms with Gasteiger partial charge in [-0.3, -0.25) is 0 Å². The van der Waals surface area contributed by atoms with Crippen molar-refractivity contribution in [1.82, 2.24) is 9.78 Å². The van der Waals surface area contributed by atoms with Crippen LogP contribution in [0.3, 0.4) is 0 Å². The van der Waals surface area contributed by atoms with E-state index in [0.717, 1.165) is 43.9 Å². The summed E-state index contributed by atoms with van der Waals surface area (Å²) in [5, 5.41) is 4.16. The highest BCUT2D eigenvalue weighted by molar-refractivity contribution is 5.85. The highest BCUT2D eigenvalue weighted by Crippen LogP contribution is 2.14. The molecule has 0 saturated carbocycles. The first-order valence-electron chi connectivity index (χ1n) is 5.59. The Balaban J connectivity index is 0. The lowest BCUT2D eigenvalue weighted by Crippen LogP contribution is -3.00. The fraction of sp³-hybridized carbons (Fsp3) is 0.700. The van der Waals surface area contributed by atoms with Crippen molar-refractivity contribution < 1.29 is 21.6 Å². The van der Waals surface area contributed by atoms with Crippen molar-refractivity contribution in [2.75, 3.05) is 51.4 Å². The molecule has 0 aliphatic carbocycles. The molecule has 1 aliphatic rings. The minimum atomic E-state index is 0. The van der Waals surface area contributed by atoms with E-state index in [0.29, 0.717) is 11.5 Å². The molecule has 0 amide bonds. The molecule has 6 nitrogen and oxygen atoms in total. The van der Waals surface area contributed by atoms with E-state index in [-0.39, 0.29) is 37.2 Å². The largest absolute Gasteiger partial charge is 1.00 e. The number of morpholine rings is 1. The Bertz CT molecular complexity index is 368. The molecule has 0 bridgehead atoms. The molecule has 9 heteroatoms. The number of halogens is 3. The second-order valence-corrected chi connectivity index (χ2v) is 4.61. The average molecular weight is 335 g/mol. The first-order valence-corrected chi connectivity index (χ1v) is 5.59. The molecule has 114 valence electrons. The lowest BCUT2D eigenvalue weighted by molar-refractivity contribution is -0.917. The topological polar surface area (TPSA) is 79.1 Å². The Morgan fingerprint density at radius 1 is 1.32 bits per heavy atom. The summed E-state index contributed by atoms with van der Waals surface area (Å²) in [5.74, 6) is 0.569. The van der Waals surface area contributed by atoms with Crippen molar-refractivity contribution >= 4 is 36.3 Å². The number of hydrogen-bond acceptors (Lipinski definition) is 4. The number of nitrogens with two attached hydrogens (primary N) is 2. The minimum Gasteiger partial charge on any atom is -1.00 e. The van der Waals surface area contributed by atoms with E-state index >= 15 is 0 Å². The zero-order valence-corrected chi connectivity index (χ0v) is 13.3. The first kappa shape index (κ1) is 20.9. The third-order valence-corrected chi connectivity index (χ3v) is 3.31. The van der Waals surface area contributed by atoms with Crippen LogP contribution < -0.4 is 23.9 Å². The number of nitrogens with zero attached hydrogens (tertiary/aromatic N) is 3. The number of quaternary nitrogens is 1. The van der Waals surface area contributed by atoms with Gasteiger partial charge in [0, 0.05) is 0 Å². The highest BCUT2D eigenvalue weighted by atomic mass is 35.5. The summed E-state index contributed by atoms with van der Waals surface area (Å²) in [4.78, 5) is 0. The second-order valence-electron chi connectivity index (χ2n) is 4.61. The fourth-order valence-electron chi connectivity index (χ4n) is 1.93. The maximum absolute atomic E-state index is 5.81. The highest BCUT2D eigenvalue weighted by Gasteiger charge is 2.25. The quantitative estimate of drug-likeness (QED) is 0.593. The van der Waals surface area contributed by atoms with Crippen LogP contribution in [0.2, 0.25) is 0 Å². The standard InChI is InChI=1S/C10H20N5O.3ClH/c1-15(4-6-16-7-5-15)3-2-14-10(12)9(11)8-13-14;;;/h8H,2-7,11-12H2,1H3;3*1H/q+1;;;/p-1. The molecule has 19 heavy (non-hydrogen) atoms. The molecule has 2 rings (SSSR count). The number of nitrogen functional groups attached to an aromatic ring is 2. The normalized spacial score (nSPS) is 16.7. The van der Waals surface area contributed by atoms with Gasteiger partial charge in [-0.1, -0.05) is 0 Å². The van der Waals surface area contributed by atoms with Crippen LogP contribution in [0.15, 0.2) is 6.20 Å². The summed E-state index contributed by atoms with van der Waals surface area (Å²) in [6, 6.07) is 0. The predicted octanol–water partition coefficient (Wildman–Crippen LogP) is -2.63. The monoisotopic (exact) mass is 333 g/mol. The van der Waals surface area contributed by atoms with Gasteiger partial charge >= 0.3 is 0 Å². The van der Waals surface area contributed by atoms with Crippen LogP contribution in [0.25, 0.3) is 0 Å². The molecule has 1 aromatic rings. The lowest BCUT2D eigenvalue weighted by atomic mass is 10.3. The maximum atomic E-state index is 5.81. The van der Waals surface area contributed by atoms with E-state index in [9.17, 15) is 0 Å². The summed E-state index contributed by atoms with van der Waals surface area (Å²) in [6.45, 7) is 5.60. The third-order valence-electron chi connectivity index (χ3n) is 3.31. The van der Waals surface area contributed by atoms with Gasteiger partial charge in [0.2, 0.25) is 0 Å². The Labute approximate surface area is 132 Å². The van der Waals surface area contributed by atoms with Gasteiger partial charge in [0.1, 0.15) is 18.9 Å². The summed E-state index contributed by atoms with van der Waals surface area (Å²) in [7, 11) is 2.24. The SMILES string of the molecule is C[N+]1(CCn2ncc(N)c2N)CCOCC1.Cl.Cl.[Cl-]. The lowest BCUT2D eigenvalue weighted by Gasteiger charge is -2.37. The summed E-state index contributed by atoms with van der Waals surface area (Å²) in [5.41, 5.74) is 12.0. The van der Waals surface area contributed by atoms with Crippen molar-refractivity contribution in [2.24, 2.45) is 0 Å². The molecule has 0 unspecified atom stereocenters. The molecule has 1 saturated heterocycles. The van der Waals surface area contributed by atoms with Crippen LogP contribution >= 0.6 is 24.8 Å². The summed E-state index contributed by atoms with van der Waals surface area (Å²) >= 11 is 0. The van der Waals surface area contributed by atoms with Gasteiger partial charge in [-0.05, 0) is 0 Å². The molecule has 0 atom stereocenters.